The molecule has 2 heterocycles. The largest absolute Gasteiger partial charge is 0.367 e. The average molecular weight is 295 g/mol. The highest BCUT2D eigenvalue weighted by atomic mass is 35.5. The molecular formula is C13H19ClN6. The van der Waals surface area contributed by atoms with Crippen molar-refractivity contribution in [3.05, 3.63) is 30.6 Å². The highest BCUT2D eigenvalue weighted by molar-refractivity contribution is 5.85. The summed E-state index contributed by atoms with van der Waals surface area (Å²) in [5.74, 6) is 0. The molecule has 6 nitrogen and oxygen atoms in total. The molecule has 2 aromatic rings. The van der Waals surface area contributed by atoms with Gasteiger partial charge in [0.05, 0.1) is 11.4 Å². The van der Waals surface area contributed by atoms with Crippen LogP contribution >= 0.6 is 12.4 Å². The van der Waals surface area contributed by atoms with Crippen LogP contribution in [-0.2, 0) is 0 Å². The fraction of sp³-hybridized carbons (Fsp3) is 0.462. The van der Waals surface area contributed by atoms with Crippen molar-refractivity contribution in [2.24, 2.45) is 0 Å². The number of tetrazole rings is 1. The molecule has 108 valence electrons. The molecule has 0 bridgehead atoms. The monoisotopic (exact) mass is 294 g/mol. The van der Waals surface area contributed by atoms with E-state index in [1.54, 1.807) is 11.0 Å². The van der Waals surface area contributed by atoms with Crippen LogP contribution in [0.25, 0.3) is 5.69 Å². The van der Waals surface area contributed by atoms with E-state index in [1.165, 1.54) is 5.69 Å². The van der Waals surface area contributed by atoms with Crippen LogP contribution in [-0.4, -0.2) is 57.8 Å². The highest BCUT2D eigenvalue weighted by Gasteiger charge is 2.18. The molecule has 1 aromatic carbocycles. The van der Waals surface area contributed by atoms with Crippen molar-refractivity contribution in [1.29, 1.82) is 0 Å². The normalized spacial score (nSPS) is 15.9. The Bertz CT molecular complexity index is 521. The first-order valence-electron chi connectivity index (χ1n) is 6.68. The van der Waals surface area contributed by atoms with Crippen LogP contribution in [0.1, 0.15) is 6.92 Å². The van der Waals surface area contributed by atoms with Crippen molar-refractivity contribution >= 4 is 18.1 Å². The fourth-order valence-electron chi connectivity index (χ4n) is 2.50. The lowest BCUT2D eigenvalue weighted by Crippen LogP contribution is -2.46. The van der Waals surface area contributed by atoms with Crippen molar-refractivity contribution in [1.82, 2.24) is 25.1 Å². The zero-order valence-electron chi connectivity index (χ0n) is 11.5. The molecule has 1 saturated heterocycles. The number of benzene rings is 1. The van der Waals surface area contributed by atoms with Crippen LogP contribution in [0.5, 0.6) is 0 Å². The van der Waals surface area contributed by atoms with Crippen molar-refractivity contribution in [3.8, 4) is 5.69 Å². The third-order valence-electron chi connectivity index (χ3n) is 3.64. The van der Waals surface area contributed by atoms with Crippen LogP contribution in [0.2, 0.25) is 0 Å². The molecule has 0 atom stereocenters. The molecule has 0 radical (unpaired) electrons. The number of anilines is 1. The summed E-state index contributed by atoms with van der Waals surface area (Å²) in [4.78, 5) is 4.87. The molecule has 0 N–H and O–H groups in total. The summed E-state index contributed by atoms with van der Waals surface area (Å²) in [6, 6.07) is 8.27. The number of aromatic nitrogens is 4. The quantitative estimate of drug-likeness (QED) is 0.852. The second-order valence-electron chi connectivity index (χ2n) is 4.66. The molecule has 1 aliphatic rings. The SMILES string of the molecule is CCN1CCN(c2ccccc2-n2cnnn2)CC1.Cl. The zero-order chi connectivity index (χ0) is 13.1. The Morgan fingerprint density at radius 3 is 2.35 bits per heavy atom. The van der Waals surface area contributed by atoms with Gasteiger partial charge in [0.2, 0.25) is 0 Å². The summed E-state index contributed by atoms with van der Waals surface area (Å²) < 4.78 is 1.72. The number of nitrogens with zero attached hydrogens (tertiary/aromatic N) is 6. The van der Waals surface area contributed by atoms with E-state index >= 15 is 0 Å². The number of hydrogen-bond acceptors (Lipinski definition) is 5. The minimum Gasteiger partial charge on any atom is -0.367 e. The number of rotatable bonds is 3. The number of likely N-dealkylation sites (N-methyl/N-ethyl adjacent to an activating group) is 1. The van der Waals surface area contributed by atoms with Crippen molar-refractivity contribution in [2.75, 3.05) is 37.6 Å². The third kappa shape index (κ3) is 2.91. The van der Waals surface area contributed by atoms with Gasteiger partial charge in [0.25, 0.3) is 0 Å². The zero-order valence-corrected chi connectivity index (χ0v) is 12.3. The highest BCUT2D eigenvalue weighted by Crippen LogP contribution is 2.24. The van der Waals surface area contributed by atoms with E-state index in [9.17, 15) is 0 Å². The predicted molar refractivity (Wildman–Crippen MR) is 80.7 cm³/mol. The lowest BCUT2D eigenvalue weighted by atomic mass is 10.2. The molecule has 0 spiro atoms. The van der Waals surface area contributed by atoms with E-state index < -0.39 is 0 Å². The smallest absolute Gasteiger partial charge is 0.143 e. The molecule has 1 fully saturated rings. The van der Waals surface area contributed by atoms with E-state index in [1.807, 2.05) is 6.07 Å². The second kappa shape index (κ2) is 6.67. The number of hydrogen-bond donors (Lipinski definition) is 0. The van der Waals surface area contributed by atoms with Gasteiger partial charge in [-0.05, 0) is 29.1 Å². The van der Waals surface area contributed by atoms with Crippen molar-refractivity contribution < 1.29 is 0 Å². The molecule has 20 heavy (non-hydrogen) atoms. The van der Waals surface area contributed by atoms with Crippen molar-refractivity contribution in [3.63, 3.8) is 0 Å². The standard InChI is InChI=1S/C13H18N6.ClH/c1-2-17-7-9-18(10-8-17)12-5-3-4-6-13(12)19-11-14-15-16-19;/h3-6,11H,2,7-10H2,1H3;1H. The Hall–Kier alpha value is -1.66. The van der Waals surface area contributed by atoms with E-state index in [0.717, 1.165) is 38.4 Å². The summed E-state index contributed by atoms with van der Waals surface area (Å²) in [5.41, 5.74) is 2.24. The van der Waals surface area contributed by atoms with Gasteiger partial charge in [0.1, 0.15) is 6.33 Å². The maximum Gasteiger partial charge on any atom is 0.143 e. The Kier molecular flexibility index (Phi) is 4.92. The van der Waals surface area contributed by atoms with Crippen LogP contribution in [0.4, 0.5) is 5.69 Å². The van der Waals surface area contributed by atoms with Crippen LogP contribution in [0.15, 0.2) is 30.6 Å². The molecule has 1 aliphatic heterocycles. The Morgan fingerprint density at radius 1 is 1.05 bits per heavy atom. The molecule has 1 aromatic heterocycles. The minimum absolute atomic E-state index is 0. The van der Waals surface area contributed by atoms with E-state index in [0.29, 0.717) is 0 Å². The summed E-state index contributed by atoms with van der Waals surface area (Å²) in [5, 5.41) is 11.4. The Balaban J connectivity index is 0.00000147. The van der Waals surface area contributed by atoms with Crippen LogP contribution in [0.3, 0.4) is 0 Å². The average Bonchev–Trinajstić information content (AvgIpc) is 3.01. The van der Waals surface area contributed by atoms with Gasteiger partial charge in [0.15, 0.2) is 0 Å². The summed E-state index contributed by atoms with van der Waals surface area (Å²) in [6.07, 6.45) is 1.64. The topological polar surface area (TPSA) is 50.1 Å². The van der Waals surface area contributed by atoms with Gasteiger partial charge in [-0.15, -0.1) is 17.5 Å². The number of halogens is 1. The maximum atomic E-state index is 3.99. The van der Waals surface area contributed by atoms with Crippen molar-refractivity contribution in [2.45, 2.75) is 6.92 Å². The molecule has 0 unspecified atom stereocenters. The summed E-state index contributed by atoms with van der Waals surface area (Å²) in [7, 11) is 0. The molecule has 3 rings (SSSR count). The van der Waals surface area contributed by atoms with E-state index in [2.05, 4.69) is 50.4 Å². The molecular weight excluding hydrogens is 276 g/mol. The van der Waals surface area contributed by atoms with E-state index in [-0.39, 0.29) is 12.4 Å². The Labute approximate surface area is 124 Å². The summed E-state index contributed by atoms with van der Waals surface area (Å²) in [6.45, 7) is 7.66. The first kappa shape index (κ1) is 14.7. The van der Waals surface area contributed by atoms with Gasteiger partial charge in [-0.2, -0.15) is 4.68 Å². The first-order valence-corrected chi connectivity index (χ1v) is 6.68. The first-order chi connectivity index (χ1) is 9.38. The van der Waals surface area contributed by atoms with Crippen LogP contribution < -0.4 is 4.90 Å². The lowest BCUT2D eigenvalue weighted by Gasteiger charge is -2.36. The molecule has 7 heteroatoms. The molecule has 0 aliphatic carbocycles. The van der Waals surface area contributed by atoms with Gasteiger partial charge in [-0.1, -0.05) is 19.1 Å². The van der Waals surface area contributed by atoms with Crippen LogP contribution in [0, 0.1) is 0 Å². The number of piperazine rings is 1. The maximum absolute atomic E-state index is 3.99. The number of para-hydroxylation sites is 2. The minimum atomic E-state index is 0. The Morgan fingerprint density at radius 2 is 1.75 bits per heavy atom. The lowest BCUT2D eigenvalue weighted by molar-refractivity contribution is 0.271. The fourth-order valence-corrected chi connectivity index (χ4v) is 2.50. The second-order valence-corrected chi connectivity index (χ2v) is 4.66. The molecule has 0 amide bonds. The predicted octanol–water partition coefficient (Wildman–Crippen LogP) is 1.23. The van der Waals surface area contributed by atoms with Gasteiger partial charge in [0, 0.05) is 26.2 Å². The van der Waals surface area contributed by atoms with E-state index in [4.69, 9.17) is 0 Å². The van der Waals surface area contributed by atoms with Gasteiger partial charge < -0.3 is 9.80 Å². The summed E-state index contributed by atoms with van der Waals surface area (Å²) >= 11 is 0. The van der Waals surface area contributed by atoms with Gasteiger partial charge in [-0.3, -0.25) is 0 Å². The molecule has 0 saturated carbocycles. The van der Waals surface area contributed by atoms with Gasteiger partial charge in [-0.25, -0.2) is 0 Å². The van der Waals surface area contributed by atoms with Gasteiger partial charge >= 0.3 is 0 Å². The third-order valence-corrected chi connectivity index (χ3v) is 3.64.